The first kappa shape index (κ1) is 42.2. The van der Waals surface area contributed by atoms with Crippen molar-refractivity contribution in [2.24, 2.45) is 0 Å². The van der Waals surface area contributed by atoms with E-state index in [1.165, 1.54) is 24.3 Å². The van der Waals surface area contributed by atoms with Crippen molar-refractivity contribution in [3.63, 3.8) is 0 Å². The Balaban J connectivity index is 1.48. The zero-order valence-electron chi connectivity index (χ0n) is 31.9. The fourth-order valence-electron chi connectivity index (χ4n) is 5.35. The molecule has 0 radical (unpaired) electrons. The van der Waals surface area contributed by atoms with Crippen LogP contribution >= 0.6 is 0 Å². The lowest BCUT2D eigenvalue weighted by Gasteiger charge is -2.37. The summed E-state index contributed by atoms with van der Waals surface area (Å²) >= 11 is 0. The van der Waals surface area contributed by atoms with Crippen LogP contribution in [0, 0.1) is 0 Å². The highest BCUT2D eigenvalue weighted by atomic mass is 16.6. The van der Waals surface area contributed by atoms with Crippen molar-refractivity contribution in [2.45, 2.75) is 71.8 Å². The molecule has 4 aromatic rings. The monoisotopic (exact) mass is 767 g/mol. The number of benzene rings is 4. The number of carbonyl (C=O) groups is 5. The van der Waals surface area contributed by atoms with Crippen molar-refractivity contribution in [1.82, 2.24) is 20.8 Å². The number of carbonyl (C=O) groups excluding carboxylic acids is 4. The topological polar surface area (TPSA) is 167 Å². The molecule has 14 heteroatoms. The van der Waals surface area contributed by atoms with Crippen LogP contribution in [0.25, 0.3) is 0 Å². The van der Waals surface area contributed by atoms with Crippen molar-refractivity contribution in [3.8, 4) is 0 Å². The van der Waals surface area contributed by atoms with E-state index in [9.17, 15) is 29.1 Å². The van der Waals surface area contributed by atoms with Gasteiger partial charge in [0.1, 0.15) is 18.8 Å². The number of hydrogen-bond acceptors (Lipinski definition) is 8. The Morgan fingerprint density at radius 3 is 1.80 bits per heavy atom. The van der Waals surface area contributed by atoms with Crippen LogP contribution in [0.2, 0.25) is 0 Å². The Morgan fingerprint density at radius 2 is 1.21 bits per heavy atom. The molecule has 0 aromatic heterocycles. The summed E-state index contributed by atoms with van der Waals surface area (Å²) in [5, 5.41) is 15.9. The second kappa shape index (κ2) is 21.4. The molecule has 0 fully saturated rings. The summed E-state index contributed by atoms with van der Waals surface area (Å²) in [6.45, 7) is 5.28. The Hall–Kier alpha value is -6.57. The predicted octanol–water partition coefficient (Wildman–Crippen LogP) is 8.29. The van der Waals surface area contributed by atoms with E-state index in [2.05, 4.69) is 10.7 Å². The maximum atomic E-state index is 14.6. The molecule has 0 bridgehead atoms. The van der Waals surface area contributed by atoms with Gasteiger partial charge in [0.2, 0.25) is 0 Å². The van der Waals surface area contributed by atoms with Gasteiger partial charge in [-0.1, -0.05) is 110 Å². The normalized spacial score (nSPS) is 10.8. The number of anilines is 1. The molecule has 4 rings (SSSR count). The van der Waals surface area contributed by atoms with Crippen molar-refractivity contribution in [1.29, 1.82) is 0 Å². The SMILES string of the molecule is CC(C)(C)OC(=O)NN(C(=O)N(Cc1ccccc1)N(CCCCCCNC(=O)OCc1ccccc1)C(=O)O)c1cccc(C(=O)OCc2ccccc2)c1. The number of ether oxygens (including phenoxy) is 3. The van der Waals surface area contributed by atoms with Gasteiger partial charge in [-0.3, -0.25) is 0 Å². The van der Waals surface area contributed by atoms with E-state index in [0.717, 1.165) is 26.2 Å². The van der Waals surface area contributed by atoms with Crippen LogP contribution in [0.4, 0.5) is 24.9 Å². The average molecular weight is 768 g/mol. The van der Waals surface area contributed by atoms with E-state index < -0.39 is 35.9 Å². The Labute approximate surface area is 326 Å². The molecular weight excluding hydrogens is 718 g/mol. The third-order valence-corrected chi connectivity index (χ3v) is 8.03. The molecule has 0 saturated heterocycles. The van der Waals surface area contributed by atoms with Crippen LogP contribution < -0.4 is 15.8 Å². The van der Waals surface area contributed by atoms with E-state index in [1.807, 2.05) is 60.7 Å². The molecule has 296 valence electrons. The summed E-state index contributed by atoms with van der Waals surface area (Å²) in [5.74, 6) is -0.673. The fourth-order valence-corrected chi connectivity index (χ4v) is 5.35. The Morgan fingerprint density at radius 1 is 0.643 bits per heavy atom. The zero-order chi connectivity index (χ0) is 40.3. The van der Waals surface area contributed by atoms with E-state index in [-0.39, 0.29) is 37.6 Å². The Bertz CT molecular complexity index is 1870. The molecule has 0 saturated carbocycles. The van der Waals surface area contributed by atoms with Gasteiger partial charge in [0, 0.05) is 13.1 Å². The standard InChI is InChI=1S/C42H49N5O9/c1-42(2,3)56-39(50)44-47(36-25-17-24-35(28-36)37(48)54-30-33-20-11-7-12-21-33)40(51)46(29-32-18-9-6-10-19-32)45(41(52)53)27-16-5-4-15-26-43-38(49)55-31-34-22-13-8-14-23-34/h6-14,17-25,28H,4-5,15-16,26-27,29-31H2,1-3H3,(H,43,49)(H,44,50)(H,52,53). The smallest absolute Gasteiger partial charge is 0.427 e. The Kier molecular flexibility index (Phi) is 16.1. The minimum Gasteiger partial charge on any atom is -0.464 e. The first-order chi connectivity index (χ1) is 26.9. The van der Waals surface area contributed by atoms with Gasteiger partial charge in [0.05, 0.1) is 17.8 Å². The molecule has 0 aliphatic carbocycles. The molecule has 56 heavy (non-hydrogen) atoms. The van der Waals surface area contributed by atoms with E-state index >= 15 is 0 Å². The second-order valence-corrected chi connectivity index (χ2v) is 13.7. The highest BCUT2D eigenvalue weighted by Crippen LogP contribution is 2.22. The summed E-state index contributed by atoms with van der Waals surface area (Å²) < 4.78 is 16.2. The highest BCUT2D eigenvalue weighted by molar-refractivity contribution is 5.97. The molecule has 0 aliphatic heterocycles. The number of hydrogen-bond donors (Lipinski definition) is 3. The van der Waals surface area contributed by atoms with E-state index in [1.54, 1.807) is 51.1 Å². The molecule has 0 heterocycles. The summed E-state index contributed by atoms with van der Waals surface area (Å²) in [4.78, 5) is 65.7. The third kappa shape index (κ3) is 14.3. The number of alkyl carbamates (subject to hydrolysis) is 1. The summed E-state index contributed by atoms with van der Waals surface area (Å²) in [6, 6.07) is 32.2. The molecular formula is C42H49N5O9. The van der Waals surface area contributed by atoms with Gasteiger partial charge in [-0.2, -0.15) is 5.01 Å². The van der Waals surface area contributed by atoms with Crippen LogP contribution in [-0.4, -0.2) is 64.1 Å². The number of nitrogens with zero attached hydrogens (tertiary/aromatic N) is 3. The first-order valence-corrected chi connectivity index (χ1v) is 18.3. The number of esters is 1. The molecule has 0 atom stereocenters. The van der Waals surface area contributed by atoms with Gasteiger partial charge in [0.25, 0.3) is 0 Å². The number of urea groups is 1. The average Bonchev–Trinajstić information content (AvgIpc) is 3.18. The number of rotatable bonds is 15. The van der Waals surface area contributed by atoms with Gasteiger partial charge in [-0.05, 0) is 68.5 Å². The molecule has 5 amide bonds. The van der Waals surface area contributed by atoms with Gasteiger partial charge in [-0.25, -0.2) is 39.4 Å². The lowest BCUT2D eigenvalue weighted by molar-refractivity contribution is 0.0152. The largest absolute Gasteiger partial charge is 0.464 e. The van der Waals surface area contributed by atoms with Gasteiger partial charge in [-0.15, -0.1) is 0 Å². The molecule has 14 nitrogen and oxygen atoms in total. The van der Waals surface area contributed by atoms with Crippen LogP contribution in [0.5, 0.6) is 0 Å². The van der Waals surface area contributed by atoms with Gasteiger partial charge in [0.15, 0.2) is 0 Å². The van der Waals surface area contributed by atoms with Crippen LogP contribution in [0.3, 0.4) is 0 Å². The molecule has 0 aliphatic rings. The lowest BCUT2D eigenvalue weighted by Crippen LogP contribution is -2.59. The minimum atomic E-state index is -1.40. The molecule has 0 unspecified atom stereocenters. The summed E-state index contributed by atoms with van der Waals surface area (Å²) in [5.41, 5.74) is 3.93. The van der Waals surface area contributed by atoms with Crippen LogP contribution in [0.1, 0.15) is 73.5 Å². The molecule has 3 N–H and O–H groups in total. The van der Waals surface area contributed by atoms with Crippen LogP contribution in [-0.2, 0) is 34.0 Å². The van der Waals surface area contributed by atoms with Gasteiger partial charge < -0.3 is 24.6 Å². The number of unbranched alkanes of at least 4 members (excludes halogenated alkanes) is 3. The molecule has 4 aromatic carbocycles. The summed E-state index contributed by atoms with van der Waals surface area (Å²) in [7, 11) is 0. The molecule has 0 spiro atoms. The maximum Gasteiger partial charge on any atom is 0.427 e. The van der Waals surface area contributed by atoms with Crippen molar-refractivity contribution >= 4 is 36.0 Å². The number of amides is 5. The fraction of sp³-hybridized carbons (Fsp3) is 0.310. The van der Waals surface area contributed by atoms with E-state index in [4.69, 9.17) is 14.2 Å². The van der Waals surface area contributed by atoms with E-state index in [0.29, 0.717) is 37.8 Å². The maximum absolute atomic E-state index is 14.6. The van der Waals surface area contributed by atoms with Crippen LogP contribution in [0.15, 0.2) is 115 Å². The number of nitrogens with one attached hydrogen (secondary N) is 2. The second-order valence-electron chi connectivity index (χ2n) is 13.7. The zero-order valence-corrected chi connectivity index (χ0v) is 31.9. The number of hydrazine groups is 2. The van der Waals surface area contributed by atoms with Crippen molar-refractivity contribution < 1.29 is 43.3 Å². The first-order valence-electron chi connectivity index (χ1n) is 18.3. The predicted molar refractivity (Wildman–Crippen MR) is 209 cm³/mol. The van der Waals surface area contributed by atoms with Gasteiger partial charge >= 0.3 is 30.3 Å². The minimum absolute atomic E-state index is 0.0128. The number of carboxylic acid groups (broad SMARTS) is 1. The quantitative estimate of drug-likeness (QED) is 0.0467. The highest BCUT2D eigenvalue weighted by Gasteiger charge is 2.33. The lowest BCUT2D eigenvalue weighted by atomic mass is 10.2. The summed E-state index contributed by atoms with van der Waals surface area (Å²) in [6.07, 6.45) is -0.651. The van der Waals surface area contributed by atoms with Crippen molar-refractivity contribution in [2.75, 3.05) is 18.1 Å². The van der Waals surface area contributed by atoms with Crippen molar-refractivity contribution in [3.05, 3.63) is 138 Å². The third-order valence-electron chi connectivity index (χ3n) is 8.03.